The molecule has 1 heterocycles. The Balaban J connectivity index is 2.02. The molecule has 0 aromatic heterocycles. The number of likely N-dealkylation sites (N-methyl/N-ethyl adjacent to an activating group) is 1. The Kier molecular flexibility index (Phi) is 6.54. The summed E-state index contributed by atoms with van der Waals surface area (Å²) in [5, 5.41) is 19.7. The van der Waals surface area contributed by atoms with Gasteiger partial charge in [0.05, 0.1) is 10.0 Å². The zero-order valence-electron chi connectivity index (χ0n) is 14.2. The van der Waals surface area contributed by atoms with Crippen molar-refractivity contribution in [1.82, 2.24) is 9.80 Å². The highest BCUT2D eigenvalue weighted by Crippen LogP contribution is 2.41. The summed E-state index contributed by atoms with van der Waals surface area (Å²) in [4.78, 5) is 27.1. The maximum absolute atomic E-state index is 12.5. The monoisotopic (exact) mass is 388 g/mol. The van der Waals surface area contributed by atoms with Gasteiger partial charge in [0.15, 0.2) is 0 Å². The summed E-state index contributed by atoms with van der Waals surface area (Å²) in [6.07, 6.45) is 0.851. The number of phenols is 1. The minimum atomic E-state index is -0.576. The van der Waals surface area contributed by atoms with Crippen molar-refractivity contribution in [2.24, 2.45) is 0 Å². The van der Waals surface area contributed by atoms with E-state index >= 15 is 0 Å². The van der Waals surface area contributed by atoms with Crippen molar-refractivity contribution in [1.29, 1.82) is 0 Å². The summed E-state index contributed by atoms with van der Waals surface area (Å²) >= 11 is 12.2. The van der Waals surface area contributed by atoms with Crippen LogP contribution in [0.15, 0.2) is 12.1 Å². The SMILES string of the molecule is C[C@@H](CC(=O)N1CC[C@H](c2c(O)ccc(Cl)c2Cl)C1)N(C)C(=O)CO. The lowest BCUT2D eigenvalue weighted by Gasteiger charge is -2.26. The van der Waals surface area contributed by atoms with Gasteiger partial charge < -0.3 is 20.0 Å². The van der Waals surface area contributed by atoms with Gasteiger partial charge in [-0.05, 0) is 25.5 Å². The number of phenolic OH excluding ortho intramolecular Hbond substituents is 1. The molecule has 0 unspecified atom stereocenters. The number of rotatable bonds is 5. The van der Waals surface area contributed by atoms with Crippen LogP contribution in [0.3, 0.4) is 0 Å². The summed E-state index contributed by atoms with van der Waals surface area (Å²) < 4.78 is 0. The molecule has 0 bridgehead atoms. The van der Waals surface area contributed by atoms with Gasteiger partial charge in [-0.15, -0.1) is 0 Å². The van der Waals surface area contributed by atoms with Crippen LogP contribution in [0.1, 0.15) is 31.2 Å². The van der Waals surface area contributed by atoms with Gasteiger partial charge in [-0.25, -0.2) is 0 Å². The molecule has 2 N–H and O–H groups in total. The van der Waals surface area contributed by atoms with E-state index in [4.69, 9.17) is 28.3 Å². The molecule has 1 saturated heterocycles. The molecule has 2 rings (SSSR count). The average molecular weight is 389 g/mol. The number of aliphatic hydroxyl groups is 1. The number of carbonyl (C=O) groups excluding carboxylic acids is 2. The first-order chi connectivity index (χ1) is 11.8. The zero-order valence-corrected chi connectivity index (χ0v) is 15.7. The number of likely N-dealkylation sites (tertiary alicyclic amines) is 1. The van der Waals surface area contributed by atoms with Crippen LogP contribution in [0.5, 0.6) is 5.75 Å². The predicted octanol–water partition coefficient (Wildman–Crippen LogP) is 2.24. The van der Waals surface area contributed by atoms with Crippen LogP contribution in [0.4, 0.5) is 0 Å². The largest absolute Gasteiger partial charge is 0.508 e. The number of benzene rings is 1. The topological polar surface area (TPSA) is 81.1 Å². The number of aliphatic hydroxyl groups excluding tert-OH is 1. The fourth-order valence-corrected chi connectivity index (χ4v) is 3.52. The van der Waals surface area contributed by atoms with E-state index in [9.17, 15) is 14.7 Å². The van der Waals surface area contributed by atoms with Crippen LogP contribution in [0.2, 0.25) is 10.0 Å². The molecule has 6 nitrogen and oxygen atoms in total. The molecule has 0 saturated carbocycles. The smallest absolute Gasteiger partial charge is 0.248 e. The Labute approximate surface area is 156 Å². The van der Waals surface area contributed by atoms with E-state index < -0.39 is 12.5 Å². The van der Waals surface area contributed by atoms with Crippen LogP contribution in [-0.2, 0) is 9.59 Å². The molecule has 2 atom stereocenters. The van der Waals surface area contributed by atoms with Crippen LogP contribution in [-0.4, -0.2) is 64.6 Å². The zero-order chi connectivity index (χ0) is 18.7. The molecule has 25 heavy (non-hydrogen) atoms. The van der Waals surface area contributed by atoms with Crippen molar-refractivity contribution in [3.8, 4) is 5.75 Å². The molecule has 0 aliphatic carbocycles. The lowest BCUT2D eigenvalue weighted by molar-refractivity contribution is -0.137. The highest BCUT2D eigenvalue weighted by molar-refractivity contribution is 6.42. The summed E-state index contributed by atoms with van der Waals surface area (Å²) in [5.74, 6) is -0.502. The second-order valence-corrected chi connectivity index (χ2v) is 7.12. The lowest BCUT2D eigenvalue weighted by atomic mass is 9.97. The molecule has 1 fully saturated rings. The third kappa shape index (κ3) is 4.37. The van der Waals surface area contributed by atoms with E-state index in [1.807, 2.05) is 0 Å². The predicted molar refractivity (Wildman–Crippen MR) is 96.0 cm³/mol. The van der Waals surface area contributed by atoms with E-state index in [1.54, 1.807) is 18.9 Å². The molecule has 1 aromatic carbocycles. The van der Waals surface area contributed by atoms with Crippen molar-refractivity contribution in [2.45, 2.75) is 31.7 Å². The fraction of sp³-hybridized carbons (Fsp3) is 0.529. The Morgan fingerprint density at radius 1 is 1.40 bits per heavy atom. The number of amides is 2. The average Bonchev–Trinajstić information content (AvgIpc) is 3.06. The van der Waals surface area contributed by atoms with Crippen molar-refractivity contribution < 1.29 is 19.8 Å². The minimum Gasteiger partial charge on any atom is -0.508 e. The summed E-state index contributed by atoms with van der Waals surface area (Å²) in [6.45, 7) is 2.18. The van der Waals surface area contributed by atoms with E-state index in [-0.39, 0.29) is 30.0 Å². The number of nitrogens with zero attached hydrogens (tertiary/aromatic N) is 2. The quantitative estimate of drug-likeness (QED) is 0.810. The number of hydrogen-bond acceptors (Lipinski definition) is 4. The number of aromatic hydroxyl groups is 1. The molecule has 1 aliphatic heterocycles. The number of carbonyl (C=O) groups is 2. The van der Waals surface area contributed by atoms with Crippen molar-refractivity contribution in [3.05, 3.63) is 27.7 Å². The first-order valence-electron chi connectivity index (χ1n) is 8.07. The first-order valence-corrected chi connectivity index (χ1v) is 8.83. The van der Waals surface area contributed by atoms with Crippen LogP contribution in [0.25, 0.3) is 0 Å². The number of halogens is 2. The van der Waals surface area contributed by atoms with Gasteiger partial charge in [-0.3, -0.25) is 9.59 Å². The van der Waals surface area contributed by atoms with E-state index in [0.29, 0.717) is 35.1 Å². The van der Waals surface area contributed by atoms with Crippen LogP contribution >= 0.6 is 23.2 Å². The molecule has 138 valence electrons. The third-order valence-electron chi connectivity index (χ3n) is 4.72. The van der Waals surface area contributed by atoms with Crippen molar-refractivity contribution in [3.63, 3.8) is 0 Å². The molecular formula is C17H22Cl2N2O4. The Morgan fingerprint density at radius 3 is 2.72 bits per heavy atom. The van der Waals surface area contributed by atoms with Gasteiger partial charge in [0.1, 0.15) is 12.4 Å². The second-order valence-electron chi connectivity index (χ2n) is 6.34. The molecule has 0 spiro atoms. The van der Waals surface area contributed by atoms with Gasteiger partial charge in [0.25, 0.3) is 0 Å². The van der Waals surface area contributed by atoms with Crippen LogP contribution in [0, 0.1) is 0 Å². The normalized spacial score (nSPS) is 18.3. The van der Waals surface area contributed by atoms with E-state index in [2.05, 4.69) is 0 Å². The first kappa shape index (κ1) is 19.8. The van der Waals surface area contributed by atoms with Gasteiger partial charge in [-0.2, -0.15) is 0 Å². The Hall–Kier alpha value is -1.50. The maximum atomic E-state index is 12.5. The number of hydrogen-bond donors (Lipinski definition) is 2. The van der Waals surface area contributed by atoms with Gasteiger partial charge in [0, 0.05) is 44.1 Å². The van der Waals surface area contributed by atoms with E-state index in [1.165, 1.54) is 17.0 Å². The standard InChI is InChI=1S/C17H22Cl2N2O4/c1-10(20(2)15(25)9-22)7-14(24)21-6-5-11(8-21)16-13(23)4-3-12(18)17(16)19/h3-4,10-11,22-23H,5-9H2,1-2H3/t10-,11-/m0/s1. The Bertz CT molecular complexity index is 668. The second kappa shape index (κ2) is 8.25. The molecular weight excluding hydrogens is 367 g/mol. The van der Waals surface area contributed by atoms with Crippen molar-refractivity contribution >= 4 is 35.0 Å². The molecule has 2 amide bonds. The molecule has 1 aromatic rings. The highest BCUT2D eigenvalue weighted by atomic mass is 35.5. The van der Waals surface area contributed by atoms with Crippen molar-refractivity contribution in [2.75, 3.05) is 26.7 Å². The maximum Gasteiger partial charge on any atom is 0.248 e. The highest BCUT2D eigenvalue weighted by Gasteiger charge is 2.32. The minimum absolute atomic E-state index is 0.0785. The molecule has 1 aliphatic rings. The molecule has 0 radical (unpaired) electrons. The van der Waals surface area contributed by atoms with Gasteiger partial charge >= 0.3 is 0 Å². The Morgan fingerprint density at radius 2 is 2.08 bits per heavy atom. The molecule has 8 heteroatoms. The lowest BCUT2D eigenvalue weighted by Crippen LogP contribution is -2.41. The summed E-state index contributed by atoms with van der Waals surface area (Å²) in [7, 11) is 1.56. The van der Waals surface area contributed by atoms with Gasteiger partial charge in [-0.1, -0.05) is 23.2 Å². The summed E-state index contributed by atoms with van der Waals surface area (Å²) in [6, 6.07) is 2.73. The summed E-state index contributed by atoms with van der Waals surface area (Å²) in [5.41, 5.74) is 0.574. The van der Waals surface area contributed by atoms with Gasteiger partial charge in [0.2, 0.25) is 11.8 Å². The third-order valence-corrected chi connectivity index (χ3v) is 5.54. The fourth-order valence-electron chi connectivity index (χ4n) is 3.04. The van der Waals surface area contributed by atoms with Crippen LogP contribution < -0.4 is 0 Å². The van der Waals surface area contributed by atoms with E-state index in [0.717, 1.165) is 0 Å².